The molecular formula is C18H17Cl2N3S. The highest BCUT2D eigenvalue weighted by molar-refractivity contribution is 7.18. The molecule has 0 amide bonds. The lowest BCUT2D eigenvalue weighted by Gasteiger charge is -2.34. The first-order valence-corrected chi connectivity index (χ1v) is 9.55. The summed E-state index contributed by atoms with van der Waals surface area (Å²) in [5.74, 6) is 0. The zero-order valence-corrected chi connectivity index (χ0v) is 15.3. The molecule has 2 heterocycles. The van der Waals surface area contributed by atoms with E-state index in [4.69, 9.17) is 28.2 Å². The average molecular weight is 378 g/mol. The van der Waals surface area contributed by atoms with Crippen LogP contribution in [-0.2, 0) is 0 Å². The molecule has 3 nitrogen and oxygen atoms in total. The van der Waals surface area contributed by atoms with Crippen molar-refractivity contribution in [1.82, 2.24) is 15.2 Å². The number of piperazine rings is 1. The second kappa shape index (κ2) is 6.98. The molecule has 1 fully saturated rings. The lowest BCUT2D eigenvalue weighted by molar-refractivity contribution is 0.198. The second-order valence-electron chi connectivity index (χ2n) is 5.88. The van der Waals surface area contributed by atoms with E-state index in [0.717, 1.165) is 42.3 Å². The number of rotatable bonds is 3. The third-order valence-corrected chi connectivity index (χ3v) is 6.15. The summed E-state index contributed by atoms with van der Waals surface area (Å²) in [5.41, 5.74) is 2.20. The maximum atomic E-state index is 6.28. The Kier molecular flexibility index (Phi) is 4.74. The van der Waals surface area contributed by atoms with E-state index in [-0.39, 0.29) is 6.04 Å². The molecule has 4 rings (SSSR count). The lowest BCUT2D eigenvalue weighted by Crippen LogP contribution is -2.45. The standard InChI is InChI=1S/C18H17Cl2N3S/c19-13-6-5-12(11-14(13)20)17(23-9-7-21-8-10-23)18-22-15-3-1-2-4-16(15)24-18/h1-6,11,17,21H,7-10H2. The minimum Gasteiger partial charge on any atom is -0.314 e. The van der Waals surface area contributed by atoms with Crippen molar-refractivity contribution in [2.45, 2.75) is 6.04 Å². The van der Waals surface area contributed by atoms with Gasteiger partial charge in [-0.05, 0) is 29.8 Å². The van der Waals surface area contributed by atoms with Gasteiger partial charge in [0.2, 0.25) is 0 Å². The molecule has 0 radical (unpaired) electrons. The topological polar surface area (TPSA) is 28.2 Å². The predicted octanol–water partition coefficient (Wildman–Crippen LogP) is 4.60. The maximum absolute atomic E-state index is 6.28. The number of para-hydroxylation sites is 1. The third kappa shape index (κ3) is 3.17. The zero-order chi connectivity index (χ0) is 16.5. The van der Waals surface area contributed by atoms with Crippen LogP contribution in [0.2, 0.25) is 10.0 Å². The molecule has 0 spiro atoms. The van der Waals surface area contributed by atoms with Gasteiger partial charge in [-0.1, -0.05) is 41.4 Å². The van der Waals surface area contributed by atoms with Gasteiger partial charge in [0, 0.05) is 26.2 Å². The highest BCUT2D eigenvalue weighted by Gasteiger charge is 2.27. The van der Waals surface area contributed by atoms with Gasteiger partial charge < -0.3 is 5.32 Å². The zero-order valence-electron chi connectivity index (χ0n) is 13.0. The quantitative estimate of drug-likeness (QED) is 0.722. The molecule has 1 N–H and O–H groups in total. The van der Waals surface area contributed by atoms with E-state index < -0.39 is 0 Å². The van der Waals surface area contributed by atoms with Gasteiger partial charge in [0.25, 0.3) is 0 Å². The van der Waals surface area contributed by atoms with Crippen LogP contribution in [0.15, 0.2) is 42.5 Å². The molecule has 3 aromatic rings. The molecule has 6 heteroatoms. The van der Waals surface area contributed by atoms with Gasteiger partial charge in [-0.2, -0.15) is 0 Å². The minimum absolute atomic E-state index is 0.110. The van der Waals surface area contributed by atoms with Crippen LogP contribution in [-0.4, -0.2) is 36.1 Å². The summed E-state index contributed by atoms with van der Waals surface area (Å²) < 4.78 is 1.22. The van der Waals surface area contributed by atoms with Gasteiger partial charge in [0.1, 0.15) is 5.01 Å². The minimum atomic E-state index is 0.110. The van der Waals surface area contributed by atoms with Crippen LogP contribution in [0.25, 0.3) is 10.2 Å². The van der Waals surface area contributed by atoms with Gasteiger partial charge >= 0.3 is 0 Å². The molecule has 1 aliphatic heterocycles. The van der Waals surface area contributed by atoms with Crippen molar-refractivity contribution in [1.29, 1.82) is 0 Å². The molecular weight excluding hydrogens is 361 g/mol. The van der Waals surface area contributed by atoms with Crippen LogP contribution in [0, 0.1) is 0 Å². The van der Waals surface area contributed by atoms with E-state index in [1.165, 1.54) is 4.70 Å². The number of nitrogens with zero attached hydrogens (tertiary/aromatic N) is 2. The highest BCUT2D eigenvalue weighted by atomic mass is 35.5. The van der Waals surface area contributed by atoms with Crippen LogP contribution < -0.4 is 5.32 Å². The molecule has 24 heavy (non-hydrogen) atoms. The van der Waals surface area contributed by atoms with Gasteiger partial charge in [-0.3, -0.25) is 4.90 Å². The summed E-state index contributed by atoms with van der Waals surface area (Å²) in [6.07, 6.45) is 0. The fourth-order valence-corrected chi connectivity index (χ4v) is 4.58. The first-order valence-electron chi connectivity index (χ1n) is 7.97. The lowest BCUT2D eigenvalue weighted by atomic mass is 10.0. The largest absolute Gasteiger partial charge is 0.314 e. The van der Waals surface area contributed by atoms with E-state index in [1.807, 2.05) is 18.2 Å². The van der Waals surface area contributed by atoms with E-state index in [1.54, 1.807) is 11.3 Å². The van der Waals surface area contributed by atoms with Gasteiger partial charge in [0.05, 0.1) is 26.3 Å². The molecule has 1 aromatic heterocycles. The predicted molar refractivity (Wildman–Crippen MR) is 102 cm³/mol. The van der Waals surface area contributed by atoms with Crippen LogP contribution in [0.3, 0.4) is 0 Å². The Labute approximate surface area is 155 Å². The molecule has 0 aliphatic carbocycles. The third-order valence-electron chi connectivity index (χ3n) is 4.32. The normalized spacial score (nSPS) is 17.2. The van der Waals surface area contributed by atoms with Crippen molar-refractivity contribution in [3.05, 3.63) is 63.1 Å². The summed E-state index contributed by atoms with van der Waals surface area (Å²) in [6.45, 7) is 3.95. The first kappa shape index (κ1) is 16.3. The summed E-state index contributed by atoms with van der Waals surface area (Å²) in [6, 6.07) is 14.3. The molecule has 124 valence electrons. The molecule has 1 saturated heterocycles. The smallest absolute Gasteiger partial charge is 0.116 e. The Morgan fingerprint density at radius 1 is 1.04 bits per heavy atom. The average Bonchev–Trinajstić information content (AvgIpc) is 3.03. The van der Waals surface area contributed by atoms with Crippen molar-refractivity contribution < 1.29 is 0 Å². The molecule has 0 bridgehead atoms. The van der Waals surface area contributed by atoms with Crippen LogP contribution >= 0.6 is 34.5 Å². The summed E-state index contributed by atoms with van der Waals surface area (Å²) in [7, 11) is 0. The fourth-order valence-electron chi connectivity index (χ4n) is 3.14. The van der Waals surface area contributed by atoms with Gasteiger partial charge in [0.15, 0.2) is 0 Å². The number of benzene rings is 2. The number of nitrogens with one attached hydrogen (secondary N) is 1. The van der Waals surface area contributed by atoms with Gasteiger partial charge in [-0.25, -0.2) is 4.98 Å². The number of fused-ring (bicyclic) bond motifs is 1. The molecule has 2 aromatic carbocycles. The number of halogens is 2. The monoisotopic (exact) mass is 377 g/mol. The van der Waals surface area contributed by atoms with Crippen molar-refractivity contribution >= 4 is 44.8 Å². The molecule has 0 saturated carbocycles. The van der Waals surface area contributed by atoms with Gasteiger partial charge in [-0.15, -0.1) is 11.3 Å². The summed E-state index contributed by atoms with van der Waals surface area (Å²) in [5, 5.41) is 5.70. The summed E-state index contributed by atoms with van der Waals surface area (Å²) >= 11 is 14.2. The Bertz CT molecular complexity index is 825. The summed E-state index contributed by atoms with van der Waals surface area (Å²) in [4.78, 5) is 7.36. The van der Waals surface area contributed by atoms with Crippen LogP contribution in [0.5, 0.6) is 0 Å². The Morgan fingerprint density at radius 2 is 1.83 bits per heavy atom. The second-order valence-corrected chi connectivity index (χ2v) is 7.76. The first-order chi connectivity index (χ1) is 11.7. The number of hydrogen-bond donors (Lipinski definition) is 1. The van der Waals surface area contributed by atoms with E-state index in [0.29, 0.717) is 10.0 Å². The highest BCUT2D eigenvalue weighted by Crippen LogP contribution is 2.36. The number of aromatic nitrogens is 1. The molecule has 1 atom stereocenters. The fraction of sp³-hybridized carbons (Fsp3) is 0.278. The van der Waals surface area contributed by atoms with E-state index >= 15 is 0 Å². The Morgan fingerprint density at radius 3 is 2.58 bits per heavy atom. The van der Waals surface area contributed by atoms with Crippen LogP contribution in [0.4, 0.5) is 0 Å². The Hall–Kier alpha value is -1.17. The maximum Gasteiger partial charge on any atom is 0.116 e. The van der Waals surface area contributed by atoms with Crippen LogP contribution in [0.1, 0.15) is 16.6 Å². The molecule has 1 aliphatic rings. The Balaban J connectivity index is 1.80. The van der Waals surface area contributed by atoms with Crippen molar-refractivity contribution in [3.63, 3.8) is 0 Å². The van der Waals surface area contributed by atoms with E-state index in [9.17, 15) is 0 Å². The number of hydrogen-bond acceptors (Lipinski definition) is 4. The number of thiazole rings is 1. The SMILES string of the molecule is Clc1ccc(C(c2nc3ccccc3s2)N2CCNCC2)cc1Cl. The van der Waals surface area contributed by atoms with Crippen molar-refractivity contribution in [2.75, 3.05) is 26.2 Å². The van der Waals surface area contributed by atoms with Crippen molar-refractivity contribution in [2.24, 2.45) is 0 Å². The van der Waals surface area contributed by atoms with Crippen molar-refractivity contribution in [3.8, 4) is 0 Å². The molecule has 1 unspecified atom stereocenters. The van der Waals surface area contributed by atoms with E-state index in [2.05, 4.69) is 34.5 Å².